The van der Waals surface area contributed by atoms with E-state index < -0.39 is 0 Å². The van der Waals surface area contributed by atoms with E-state index in [1.54, 1.807) is 17.8 Å². The molecule has 6 nitrogen and oxygen atoms in total. The van der Waals surface area contributed by atoms with Crippen LogP contribution >= 0.6 is 11.8 Å². The van der Waals surface area contributed by atoms with Crippen LogP contribution in [0.3, 0.4) is 0 Å². The van der Waals surface area contributed by atoms with Crippen LogP contribution in [0.2, 0.25) is 0 Å². The maximum absolute atomic E-state index is 13.1. The number of thioether (sulfide) groups is 1. The van der Waals surface area contributed by atoms with Crippen LogP contribution in [-0.4, -0.2) is 32.3 Å². The maximum atomic E-state index is 13.1. The molecule has 0 fully saturated rings. The average molecular weight is 407 g/mol. The molecule has 1 atom stereocenters. The predicted octanol–water partition coefficient (Wildman–Crippen LogP) is 3.69. The summed E-state index contributed by atoms with van der Waals surface area (Å²) in [6.07, 6.45) is 1.78. The number of aliphatic imine (C=N–C) groups is 1. The fourth-order valence-electron chi connectivity index (χ4n) is 3.43. The summed E-state index contributed by atoms with van der Waals surface area (Å²) in [7, 11) is 1.77. The lowest BCUT2D eigenvalue weighted by atomic mass is 9.99. The number of amides is 1. The molecule has 0 saturated carbocycles. The molecular weight excluding hydrogens is 384 g/mol. The highest BCUT2D eigenvalue weighted by atomic mass is 32.2. The van der Waals surface area contributed by atoms with Gasteiger partial charge in [0.25, 0.3) is 11.5 Å². The van der Waals surface area contributed by atoms with Crippen molar-refractivity contribution in [3.05, 3.63) is 58.1 Å². The Morgan fingerprint density at radius 2 is 2.00 bits per heavy atom. The van der Waals surface area contributed by atoms with Gasteiger partial charge < -0.3 is 9.88 Å². The zero-order valence-corrected chi connectivity index (χ0v) is 17.6. The van der Waals surface area contributed by atoms with Gasteiger partial charge in [-0.15, -0.1) is 0 Å². The zero-order valence-electron chi connectivity index (χ0n) is 16.8. The Balaban J connectivity index is 1.75. The SMILES string of the molecule is Cc1cc2c(cn1)cc(-c1cc(NC(=O)C3=NCC(C)S3)ccc1C)c(=O)n2C. The van der Waals surface area contributed by atoms with Gasteiger partial charge >= 0.3 is 0 Å². The van der Waals surface area contributed by atoms with Crippen molar-refractivity contribution in [1.29, 1.82) is 0 Å². The molecule has 1 N–H and O–H groups in total. The number of nitrogens with one attached hydrogen (secondary N) is 1. The predicted molar refractivity (Wildman–Crippen MR) is 120 cm³/mol. The van der Waals surface area contributed by atoms with E-state index in [0.717, 1.165) is 27.7 Å². The molecule has 3 heterocycles. The second-order valence-electron chi connectivity index (χ2n) is 7.36. The monoisotopic (exact) mass is 406 g/mol. The van der Waals surface area contributed by atoms with Crippen molar-refractivity contribution in [3.8, 4) is 11.1 Å². The molecule has 1 unspecified atom stereocenters. The molecule has 1 aromatic carbocycles. The van der Waals surface area contributed by atoms with Gasteiger partial charge in [0.15, 0.2) is 5.04 Å². The van der Waals surface area contributed by atoms with E-state index in [4.69, 9.17) is 0 Å². The van der Waals surface area contributed by atoms with E-state index in [2.05, 4.69) is 15.3 Å². The third kappa shape index (κ3) is 3.70. The topological polar surface area (TPSA) is 76.3 Å². The molecule has 1 amide bonds. The molecule has 4 rings (SSSR count). The quantitative estimate of drug-likeness (QED) is 0.720. The number of aromatic nitrogens is 2. The molecule has 1 aliphatic heterocycles. The van der Waals surface area contributed by atoms with Gasteiger partial charge in [-0.25, -0.2) is 0 Å². The van der Waals surface area contributed by atoms with Crippen molar-refractivity contribution in [2.75, 3.05) is 11.9 Å². The average Bonchev–Trinajstić information content (AvgIpc) is 3.13. The Kier molecular flexibility index (Phi) is 5.00. The molecule has 0 bridgehead atoms. The molecule has 0 radical (unpaired) electrons. The summed E-state index contributed by atoms with van der Waals surface area (Å²) < 4.78 is 1.65. The van der Waals surface area contributed by atoms with E-state index in [1.165, 1.54) is 11.8 Å². The number of hydrogen-bond donors (Lipinski definition) is 1. The van der Waals surface area contributed by atoms with Gasteiger partial charge in [0.05, 0.1) is 12.1 Å². The van der Waals surface area contributed by atoms with Crippen LogP contribution in [0.4, 0.5) is 5.69 Å². The van der Waals surface area contributed by atoms with Crippen molar-refractivity contribution in [1.82, 2.24) is 9.55 Å². The lowest BCUT2D eigenvalue weighted by molar-refractivity contribution is -0.110. The Morgan fingerprint density at radius 1 is 1.21 bits per heavy atom. The van der Waals surface area contributed by atoms with Crippen LogP contribution in [-0.2, 0) is 11.8 Å². The van der Waals surface area contributed by atoms with E-state index in [0.29, 0.717) is 28.1 Å². The smallest absolute Gasteiger partial charge is 0.280 e. The number of hydrogen-bond acceptors (Lipinski definition) is 5. The first-order chi connectivity index (χ1) is 13.8. The molecule has 2 aromatic heterocycles. The van der Waals surface area contributed by atoms with Crippen LogP contribution in [0.25, 0.3) is 22.0 Å². The Morgan fingerprint density at radius 3 is 2.72 bits per heavy atom. The Hall–Kier alpha value is -2.93. The number of anilines is 1. The largest absolute Gasteiger partial charge is 0.320 e. The van der Waals surface area contributed by atoms with Crippen molar-refractivity contribution in [3.63, 3.8) is 0 Å². The van der Waals surface area contributed by atoms with Gasteiger partial charge in [0, 0.05) is 40.8 Å². The number of aryl methyl sites for hydroxylation is 3. The molecule has 1 aliphatic rings. The standard InChI is InChI=1S/C22H22N4O2S/c1-12-5-6-16(25-20(27)21-24-10-14(3)29-21)9-17(12)18-8-15-11-23-13(2)7-19(15)26(4)22(18)28/h5-9,11,14H,10H2,1-4H3,(H,25,27). The third-order valence-electron chi connectivity index (χ3n) is 5.03. The van der Waals surface area contributed by atoms with Gasteiger partial charge in [-0.3, -0.25) is 19.6 Å². The minimum Gasteiger partial charge on any atom is -0.320 e. The highest BCUT2D eigenvalue weighted by molar-refractivity contribution is 8.16. The molecule has 29 heavy (non-hydrogen) atoms. The first-order valence-electron chi connectivity index (χ1n) is 9.43. The minimum absolute atomic E-state index is 0.0841. The molecule has 7 heteroatoms. The van der Waals surface area contributed by atoms with Gasteiger partial charge in [0.2, 0.25) is 0 Å². The number of rotatable bonds is 3. The molecule has 148 valence electrons. The summed E-state index contributed by atoms with van der Waals surface area (Å²) in [6.45, 7) is 6.57. The van der Waals surface area contributed by atoms with Crippen LogP contribution < -0.4 is 10.9 Å². The van der Waals surface area contributed by atoms with E-state index >= 15 is 0 Å². The number of carbonyl (C=O) groups is 1. The fraction of sp³-hybridized carbons (Fsp3) is 0.273. The fourth-order valence-corrected chi connectivity index (χ4v) is 4.27. The first kappa shape index (κ1) is 19.4. The number of fused-ring (bicyclic) bond motifs is 1. The summed E-state index contributed by atoms with van der Waals surface area (Å²) in [6, 6.07) is 9.38. The second kappa shape index (κ2) is 7.48. The van der Waals surface area contributed by atoms with Crippen LogP contribution in [0.5, 0.6) is 0 Å². The third-order valence-corrected chi connectivity index (χ3v) is 6.12. The van der Waals surface area contributed by atoms with Crippen LogP contribution in [0.15, 0.2) is 46.3 Å². The van der Waals surface area contributed by atoms with Crippen molar-refractivity contribution in [2.24, 2.45) is 12.0 Å². The van der Waals surface area contributed by atoms with Crippen molar-refractivity contribution in [2.45, 2.75) is 26.0 Å². The van der Waals surface area contributed by atoms with Gasteiger partial charge in [-0.2, -0.15) is 0 Å². The van der Waals surface area contributed by atoms with Crippen molar-refractivity contribution >= 4 is 39.3 Å². The van der Waals surface area contributed by atoms with Crippen LogP contribution in [0.1, 0.15) is 18.2 Å². The van der Waals surface area contributed by atoms with E-state index in [1.807, 2.05) is 51.1 Å². The molecule has 0 aliphatic carbocycles. The zero-order chi connectivity index (χ0) is 20.7. The van der Waals surface area contributed by atoms with Gasteiger partial charge in [-0.05, 0) is 49.2 Å². The summed E-state index contributed by atoms with van der Waals surface area (Å²) in [5, 5.41) is 4.63. The number of benzene rings is 1. The molecule has 3 aromatic rings. The highest BCUT2D eigenvalue weighted by Crippen LogP contribution is 2.28. The Labute approximate surface area is 173 Å². The lowest BCUT2D eigenvalue weighted by Crippen LogP contribution is -2.20. The molecule has 0 spiro atoms. The summed E-state index contributed by atoms with van der Waals surface area (Å²) >= 11 is 1.48. The summed E-state index contributed by atoms with van der Waals surface area (Å²) in [5.41, 5.74) is 4.60. The molecular formula is C22H22N4O2S. The molecule has 0 saturated heterocycles. The summed E-state index contributed by atoms with van der Waals surface area (Å²) in [5.74, 6) is -0.208. The highest BCUT2D eigenvalue weighted by Gasteiger charge is 2.22. The second-order valence-corrected chi connectivity index (χ2v) is 8.79. The van der Waals surface area contributed by atoms with Crippen LogP contribution in [0, 0.1) is 13.8 Å². The number of nitrogens with zero attached hydrogens (tertiary/aromatic N) is 3. The Bertz CT molecular complexity index is 1230. The van der Waals surface area contributed by atoms with E-state index in [9.17, 15) is 9.59 Å². The normalized spacial score (nSPS) is 16.1. The van der Waals surface area contributed by atoms with Gasteiger partial charge in [-0.1, -0.05) is 24.8 Å². The lowest BCUT2D eigenvalue weighted by Gasteiger charge is -2.13. The first-order valence-corrected chi connectivity index (χ1v) is 10.3. The van der Waals surface area contributed by atoms with E-state index in [-0.39, 0.29) is 11.5 Å². The number of pyridine rings is 2. The number of carbonyl (C=O) groups excluding carboxylic acids is 1. The van der Waals surface area contributed by atoms with Gasteiger partial charge in [0.1, 0.15) is 0 Å². The summed E-state index contributed by atoms with van der Waals surface area (Å²) in [4.78, 5) is 34.2. The minimum atomic E-state index is -0.208. The van der Waals surface area contributed by atoms with Crippen molar-refractivity contribution < 1.29 is 4.79 Å². The maximum Gasteiger partial charge on any atom is 0.280 e.